The molecule has 0 atom stereocenters. The van der Waals surface area contributed by atoms with E-state index in [9.17, 15) is 9.59 Å². The number of nitrogens with one attached hydrogen (secondary N) is 2. The van der Waals surface area contributed by atoms with Crippen molar-refractivity contribution < 1.29 is 23.8 Å². The van der Waals surface area contributed by atoms with Crippen molar-refractivity contribution in [1.29, 1.82) is 0 Å². The monoisotopic (exact) mass is 543 g/mol. The Morgan fingerprint density at radius 3 is 2.41 bits per heavy atom. The molecule has 194 valence electrons. The minimum Gasteiger partial charge on any atom is -0.494 e. The molecule has 0 radical (unpaired) electrons. The van der Waals surface area contributed by atoms with Crippen molar-refractivity contribution in [2.45, 2.75) is 26.4 Å². The van der Waals surface area contributed by atoms with Crippen LogP contribution in [0.1, 0.15) is 30.9 Å². The number of anilines is 1. The SMILES string of the molecule is CCCCOc1ccc(NC(=O)C(=O)N/N=C\c2ccc(OCc3ccc(Cl)c(Cl)c3)c(OC)c2)cc1. The minimum absolute atomic E-state index is 0.264. The third kappa shape index (κ3) is 8.70. The molecule has 3 aromatic rings. The third-order valence-electron chi connectivity index (χ3n) is 5.03. The largest absolute Gasteiger partial charge is 0.494 e. The lowest BCUT2D eigenvalue weighted by Gasteiger charge is -2.11. The highest BCUT2D eigenvalue weighted by molar-refractivity contribution is 6.42. The van der Waals surface area contributed by atoms with E-state index in [1.165, 1.54) is 13.3 Å². The van der Waals surface area contributed by atoms with Crippen LogP contribution in [0, 0.1) is 0 Å². The summed E-state index contributed by atoms with van der Waals surface area (Å²) < 4.78 is 16.8. The number of rotatable bonds is 11. The van der Waals surface area contributed by atoms with Gasteiger partial charge in [-0.2, -0.15) is 5.10 Å². The van der Waals surface area contributed by atoms with E-state index >= 15 is 0 Å². The molecule has 0 saturated heterocycles. The zero-order valence-electron chi connectivity index (χ0n) is 20.4. The Hall–Kier alpha value is -3.75. The number of ether oxygens (including phenoxy) is 3. The average Bonchev–Trinajstić information content (AvgIpc) is 2.90. The van der Waals surface area contributed by atoms with Gasteiger partial charge in [0.15, 0.2) is 11.5 Å². The van der Waals surface area contributed by atoms with E-state index in [-0.39, 0.29) is 6.61 Å². The molecule has 37 heavy (non-hydrogen) atoms. The summed E-state index contributed by atoms with van der Waals surface area (Å²) in [5, 5.41) is 7.28. The van der Waals surface area contributed by atoms with Gasteiger partial charge in [0, 0.05) is 5.69 Å². The maximum Gasteiger partial charge on any atom is 0.329 e. The fourth-order valence-electron chi connectivity index (χ4n) is 3.05. The second kappa shape index (κ2) is 14.1. The average molecular weight is 544 g/mol. The number of carbonyl (C=O) groups is 2. The van der Waals surface area contributed by atoms with Gasteiger partial charge in [0.2, 0.25) is 0 Å². The van der Waals surface area contributed by atoms with Crippen molar-refractivity contribution in [3.05, 3.63) is 81.8 Å². The summed E-state index contributed by atoms with van der Waals surface area (Å²) in [7, 11) is 1.51. The molecule has 0 fully saturated rings. The fourth-order valence-corrected chi connectivity index (χ4v) is 3.37. The smallest absolute Gasteiger partial charge is 0.329 e. The zero-order chi connectivity index (χ0) is 26.6. The van der Waals surface area contributed by atoms with Gasteiger partial charge in [-0.15, -0.1) is 0 Å². The first kappa shape index (κ1) is 27.8. The summed E-state index contributed by atoms with van der Waals surface area (Å²) >= 11 is 12.0. The predicted octanol–water partition coefficient (Wildman–Crippen LogP) is 5.85. The van der Waals surface area contributed by atoms with Gasteiger partial charge in [0.05, 0.1) is 30.0 Å². The van der Waals surface area contributed by atoms with Gasteiger partial charge in [0.25, 0.3) is 0 Å². The van der Waals surface area contributed by atoms with Crippen LogP contribution in [0.4, 0.5) is 5.69 Å². The molecule has 0 saturated carbocycles. The first-order valence-corrected chi connectivity index (χ1v) is 12.3. The van der Waals surface area contributed by atoms with E-state index < -0.39 is 11.8 Å². The van der Waals surface area contributed by atoms with Crippen LogP contribution in [0.2, 0.25) is 10.0 Å². The van der Waals surface area contributed by atoms with Crippen molar-refractivity contribution in [3.63, 3.8) is 0 Å². The first-order valence-electron chi connectivity index (χ1n) is 11.5. The molecule has 2 amide bonds. The Morgan fingerprint density at radius 1 is 0.919 bits per heavy atom. The zero-order valence-corrected chi connectivity index (χ0v) is 21.9. The molecule has 0 heterocycles. The first-order chi connectivity index (χ1) is 17.9. The maximum atomic E-state index is 12.1. The van der Waals surface area contributed by atoms with Gasteiger partial charge >= 0.3 is 11.8 Å². The van der Waals surface area contributed by atoms with E-state index in [0.717, 1.165) is 18.4 Å². The number of amides is 2. The highest BCUT2D eigenvalue weighted by Crippen LogP contribution is 2.29. The summed E-state index contributed by atoms with van der Waals surface area (Å²) in [4.78, 5) is 24.2. The lowest BCUT2D eigenvalue weighted by molar-refractivity contribution is -0.136. The predicted molar refractivity (Wildman–Crippen MR) is 145 cm³/mol. The Morgan fingerprint density at radius 2 is 1.70 bits per heavy atom. The molecular weight excluding hydrogens is 517 g/mol. The molecule has 10 heteroatoms. The number of unbranched alkanes of at least 4 members (excludes halogenated alkanes) is 1. The topological polar surface area (TPSA) is 98.2 Å². The quantitative estimate of drug-likeness (QED) is 0.137. The molecule has 0 unspecified atom stereocenters. The summed E-state index contributed by atoms with van der Waals surface area (Å²) in [6.07, 6.45) is 3.39. The number of carbonyl (C=O) groups excluding carboxylic acids is 2. The van der Waals surface area contributed by atoms with E-state index in [1.54, 1.807) is 54.6 Å². The lowest BCUT2D eigenvalue weighted by atomic mass is 10.2. The normalized spacial score (nSPS) is 10.7. The van der Waals surface area contributed by atoms with Gasteiger partial charge in [0.1, 0.15) is 12.4 Å². The molecular formula is C27H27Cl2N3O5. The highest BCUT2D eigenvalue weighted by atomic mass is 35.5. The second-order valence-electron chi connectivity index (χ2n) is 7.83. The Kier molecular flexibility index (Phi) is 10.6. The molecule has 0 aliphatic carbocycles. The summed E-state index contributed by atoms with van der Waals surface area (Å²) in [6, 6.07) is 17.2. The minimum atomic E-state index is -0.909. The number of methoxy groups -OCH3 is 1. The van der Waals surface area contributed by atoms with Crippen LogP contribution >= 0.6 is 23.2 Å². The van der Waals surface area contributed by atoms with Crippen molar-refractivity contribution in [2.75, 3.05) is 19.0 Å². The summed E-state index contributed by atoms with van der Waals surface area (Å²) in [5.74, 6) is -0.0821. The Bertz CT molecular complexity index is 1250. The van der Waals surface area contributed by atoms with Crippen LogP contribution < -0.4 is 25.0 Å². The maximum absolute atomic E-state index is 12.1. The number of hydrogen-bond acceptors (Lipinski definition) is 6. The van der Waals surface area contributed by atoms with Crippen LogP contribution in [-0.2, 0) is 16.2 Å². The molecule has 3 aromatic carbocycles. The number of nitrogens with zero attached hydrogens (tertiary/aromatic N) is 1. The van der Waals surface area contributed by atoms with Gasteiger partial charge in [-0.3, -0.25) is 9.59 Å². The van der Waals surface area contributed by atoms with Crippen LogP contribution in [0.5, 0.6) is 17.2 Å². The summed E-state index contributed by atoms with van der Waals surface area (Å²) in [5.41, 5.74) is 4.14. The fraction of sp³-hybridized carbons (Fsp3) is 0.222. The van der Waals surface area contributed by atoms with Gasteiger partial charge in [-0.25, -0.2) is 5.43 Å². The van der Waals surface area contributed by atoms with Gasteiger partial charge in [-0.1, -0.05) is 42.6 Å². The summed E-state index contributed by atoms with van der Waals surface area (Å²) in [6.45, 7) is 2.98. The van der Waals surface area contributed by atoms with Gasteiger partial charge < -0.3 is 19.5 Å². The highest BCUT2D eigenvalue weighted by Gasteiger charge is 2.13. The van der Waals surface area contributed by atoms with Crippen molar-refractivity contribution in [1.82, 2.24) is 5.43 Å². The molecule has 2 N–H and O–H groups in total. The van der Waals surface area contributed by atoms with E-state index in [2.05, 4.69) is 22.8 Å². The molecule has 0 spiro atoms. The van der Waals surface area contributed by atoms with Crippen molar-refractivity contribution in [2.24, 2.45) is 5.10 Å². The van der Waals surface area contributed by atoms with Crippen LogP contribution in [0.3, 0.4) is 0 Å². The lowest BCUT2D eigenvalue weighted by Crippen LogP contribution is -2.32. The molecule has 0 aliphatic heterocycles. The Balaban J connectivity index is 1.51. The molecule has 8 nitrogen and oxygen atoms in total. The molecule has 0 aromatic heterocycles. The van der Waals surface area contributed by atoms with Crippen molar-refractivity contribution in [3.8, 4) is 17.2 Å². The number of benzene rings is 3. The van der Waals surface area contributed by atoms with E-state index in [1.807, 2.05) is 6.07 Å². The number of halogens is 2. The molecule has 0 aliphatic rings. The second-order valence-corrected chi connectivity index (χ2v) is 8.64. The number of hydrogen-bond donors (Lipinski definition) is 2. The van der Waals surface area contributed by atoms with Crippen molar-refractivity contribution >= 4 is 46.9 Å². The molecule has 0 bridgehead atoms. The van der Waals surface area contributed by atoms with Crippen LogP contribution in [0.25, 0.3) is 0 Å². The molecule has 3 rings (SSSR count). The van der Waals surface area contributed by atoms with Gasteiger partial charge in [-0.05, 0) is 72.1 Å². The van der Waals surface area contributed by atoms with Crippen LogP contribution in [0.15, 0.2) is 65.8 Å². The van der Waals surface area contributed by atoms with E-state index in [0.29, 0.717) is 45.2 Å². The van der Waals surface area contributed by atoms with Crippen LogP contribution in [-0.4, -0.2) is 31.7 Å². The Labute approximate surface area is 225 Å². The standard InChI is InChI=1S/C27H27Cl2N3O5/c1-3-4-13-36-21-9-7-20(8-10-21)31-26(33)27(34)32-30-16-18-6-12-24(25(15-18)35-2)37-17-19-5-11-22(28)23(29)14-19/h5-12,14-16H,3-4,13,17H2,1-2H3,(H,31,33)(H,32,34)/b30-16-. The third-order valence-corrected chi connectivity index (χ3v) is 5.77. The van der Waals surface area contributed by atoms with E-state index in [4.69, 9.17) is 37.4 Å². The number of hydrazone groups is 1.